The molecule has 2 rings (SSSR count). The summed E-state index contributed by atoms with van der Waals surface area (Å²) in [5.41, 5.74) is -1.02. The van der Waals surface area contributed by atoms with Gasteiger partial charge in [0.2, 0.25) is 5.88 Å². The molecule has 1 amide bonds. The van der Waals surface area contributed by atoms with Gasteiger partial charge in [0.25, 0.3) is 5.91 Å². The van der Waals surface area contributed by atoms with E-state index in [0.717, 1.165) is 12.1 Å². The molecule has 3 N–H and O–H groups in total. The monoisotopic (exact) mass is 420 g/mol. The lowest BCUT2D eigenvalue weighted by Gasteiger charge is -2.16. The van der Waals surface area contributed by atoms with Gasteiger partial charge in [-0.25, -0.2) is 4.98 Å². The number of carbonyl (C=O) groups excluding carboxylic acids is 1. The van der Waals surface area contributed by atoms with E-state index in [-0.39, 0.29) is 11.5 Å². The fraction of sp³-hybridized carbons (Fsp3) is 0.250. The minimum Gasteiger partial charge on any atom is -0.481 e. The number of ether oxygens (including phenoxy) is 2. The van der Waals surface area contributed by atoms with Crippen LogP contribution in [0.1, 0.15) is 12.5 Å². The van der Waals surface area contributed by atoms with Gasteiger partial charge >= 0.3 is 13.8 Å². The van der Waals surface area contributed by atoms with E-state index in [2.05, 4.69) is 4.98 Å². The molecule has 1 heterocycles. The average molecular weight is 420 g/mol. The molecule has 0 bridgehead atoms. The Balaban J connectivity index is 2.01. The Morgan fingerprint density at radius 1 is 1.21 bits per heavy atom. The Hall–Kier alpha value is -2.62. The van der Waals surface area contributed by atoms with Crippen molar-refractivity contribution in [2.75, 3.05) is 6.29 Å². The van der Waals surface area contributed by atoms with E-state index in [0.29, 0.717) is 0 Å². The van der Waals surface area contributed by atoms with E-state index < -0.39 is 43.5 Å². The zero-order valence-corrected chi connectivity index (χ0v) is 15.3. The zero-order chi connectivity index (χ0) is 20.9. The second kappa shape index (κ2) is 8.59. The molecule has 1 unspecified atom stereocenters. The quantitative estimate of drug-likeness (QED) is 0.590. The third kappa shape index (κ3) is 6.52. The third-order valence-electron chi connectivity index (χ3n) is 3.26. The number of nitrogens with zero attached hydrogens (tertiary/aromatic N) is 1. The van der Waals surface area contributed by atoms with Crippen molar-refractivity contribution in [1.29, 1.82) is 0 Å². The largest absolute Gasteiger partial charge is 0.481 e. The molecule has 2 aromatic rings. The lowest BCUT2D eigenvalue weighted by molar-refractivity contribution is -0.138. The van der Waals surface area contributed by atoms with Crippen LogP contribution in [-0.4, -0.2) is 33.1 Å². The van der Waals surface area contributed by atoms with Crippen LogP contribution in [-0.2, 0) is 15.5 Å². The first-order valence-electron chi connectivity index (χ1n) is 7.75. The van der Waals surface area contributed by atoms with Gasteiger partial charge in [-0.15, -0.1) is 0 Å². The zero-order valence-electron chi connectivity index (χ0n) is 14.4. The van der Waals surface area contributed by atoms with Crippen LogP contribution in [0, 0.1) is 0 Å². The summed E-state index contributed by atoms with van der Waals surface area (Å²) in [6, 6.07) is 7.36. The molecule has 0 aliphatic carbocycles. The van der Waals surface area contributed by atoms with Crippen molar-refractivity contribution in [2.45, 2.75) is 19.2 Å². The van der Waals surface area contributed by atoms with Gasteiger partial charge in [0.05, 0.1) is 0 Å². The molecule has 28 heavy (non-hydrogen) atoms. The summed E-state index contributed by atoms with van der Waals surface area (Å²) < 4.78 is 60.0. The smallest absolute Gasteiger partial charge is 0.421 e. The Kier molecular flexibility index (Phi) is 6.65. The van der Waals surface area contributed by atoms with Gasteiger partial charge in [0.1, 0.15) is 23.3 Å². The summed E-state index contributed by atoms with van der Waals surface area (Å²) in [5.74, 6) is -1.08. The SMILES string of the molecule is CC(Oc1ccc(Oc2ncccc2C(F)(F)F)cc1)C(=O)NCP(=O)(O)O. The standard InChI is InChI=1S/C16H16F3N2O6P/c1-10(14(22)21-9-28(23,24)25)26-11-4-6-12(7-5-11)27-15-13(16(17,18)19)3-2-8-20-15/h2-8,10H,9H2,1H3,(H,21,22)(H2,23,24,25). The highest BCUT2D eigenvalue weighted by Gasteiger charge is 2.35. The number of hydrogen-bond acceptors (Lipinski definition) is 5. The van der Waals surface area contributed by atoms with Crippen molar-refractivity contribution in [2.24, 2.45) is 0 Å². The van der Waals surface area contributed by atoms with Gasteiger partial charge in [-0.05, 0) is 43.3 Å². The predicted molar refractivity (Wildman–Crippen MR) is 90.9 cm³/mol. The highest BCUT2D eigenvalue weighted by atomic mass is 31.2. The highest BCUT2D eigenvalue weighted by molar-refractivity contribution is 7.51. The molecule has 0 saturated heterocycles. The van der Waals surface area contributed by atoms with E-state index in [4.69, 9.17) is 19.3 Å². The lowest BCUT2D eigenvalue weighted by Crippen LogP contribution is -2.36. The highest BCUT2D eigenvalue weighted by Crippen LogP contribution is 2.36. The molecule has 0 aliphatic heterocycles. The maximum atomic E-state index is 12.9. The number of alkyl halides is 3. The van der Waals surface area contributed by atoms with Gasteiger partial charge in [-0.1, -0.05) is 0 Å². The van der Waals surface area contributed by atoms with Crippen molar-refractivity contribution in [3.05, 3.63) is 48.2 Å². The van der Waals surface area contributed by atoms with Crippen molar-refractivity contribution in [1.82, 2.24) is 10.3 Å². The van der Waals surface area contributed by atoms with Gasteiger partial charge < -0.3 is 24.6 Å². The number of aromatic nitrogens is 1. The lowest BCUT2D eigenvalue weighted by atomic mass is 10.2. The molecule has 152 valence electrons. The molecular weight excluding hydrogens is 404 g/mol. The van der Waals surface area contributed by atoms with E-state index in [1.807, 2.05) is 5.32 Å². The summed E-state index contributed by atoms with van der Waals surface area (Å²) >= 11 is 0. The van der Waals surface area contributed by atoms with E-state index in [1.165, 1.54) is 37.4 Å². The van der Waals surface area contributed by atoms with Crippen molar-refractivity contribution in [3.63, 3.8) is 0 Å². The third-order valence-corrected chi connectivity index (χ3v) is 3.83. The molecule has 1 atom stereocenters. The van der Waals surface area contributed by atoms with Crippen LogP contribution in [0.15, 0.2) is 42.6 Å². The van der Waals surface area contributed by atoms with Crippen LogP contribution in [0.25, 0.3) is 0 Å². The topological polar surface area (TPSA) is 118 Å². The number of amides is 1. The summed E-state index contributed by atoms with van der Waals surface area (Å²) in [6.45, 7) is 1.36. The van der Waals surface area contributed by atoms with E-state index >= 15 is 0 Å². The normalized spacial score (nSPS) is 12.9. The number of hydrogen-bond donors (Lipinski definition) is 3. The molecule has 12 heteroatoms. The Labute approximate surface area is 157 Å². The van der Waals surface area contributed by atoms with Crippen molar-refractivity contribution < 1.29 is 41.8 Å². The fourth-order valence-corrected chi connectivity index (χ4v) is 2.33. The minimum absolute atomic E-state index is 0.0650. The molecule has 1 aromatic heterocycles. The second-order valence-corrected chi connectivity index (χ2v) is 7.20. The number of benzene rings is 1. The predicted octanol–water partition coefficient (Wildman–Crippen LogP) is 2.91. The number of nitrogens with one attached hydrogen (secondary N) is 1. The summed E-state index contributed by atoms with van der Waals surface area (Å²) in [5, 5.41) is 2.04. The minimum atomic E-state index is -4.62. The number of pyridine rings is 1. The van der Waals surface area contributed by atoms with Crippen molar-refractivity contribution in [3.8, 4) is 17.4 Å². The Morgan fingerprint density at radius 3 is 2.39 bits per heavy atom. The molecule has 0 radical (unpaired) electrons. The first kappa shape index (κ1) is 21.7. The molecule has 0 fully saturated rings. The summed E-state index contributed by atoms with van der Waals surface area (Å²) in [6.07, 6.45) is -5.34. The van der Waals surface area contributed by atoms with Crippen molar-refractivity contribution >= 4 is 13.5 Å². The average Bonchev–Trinajstić information content (AvgIpc) is 2.60. The maximum absolute atomic E-state index is 12.9. The van der Waals surface area contributed by atoms with Crippen LogP contribution in [0.5, 0.6) is 17.4 Å². The van der Waals surface area contributed by atoms with Gasteiger partial charge in [0.15, 0.2) is 6.10 Å². The molecule has 8 nitrogen and oxygen atoms in total. The van der Waals surface area contributed by atoms with Crippen LogP contribution in [0.3, 0.4) is 0 Å². The molecule has 0 aliphatic rings. The second-order valence-electron chi connectivity index (χ2n) is 5.55. The van der Waals surface area contributed by atoms with Crippen LogP contribution in [0.2, 0.25) is 0 Å². The van der Waals surface area contributed by atoms with Crippen LogP contribution >= 0.6 is 7.60 Å². The van der Waals surface area contributed by atoms with Crippen LogP contribution < -0.4 is 14.8 Å². The number of carbonyl (C=O) groups is 1. The first-order chi connectivity index (χ1) is 13.0. The molecule has 1 aromatic carbocycles. The summed E-state index contributed by atoms with van der Waals surface area (Å²) in [7, 11) is -4.39. The number of halogens is 3. The Morgan fingerprint density at radius 2 is 1.82 bits per heavy atom. The maximum Gasteiger partial charge on any atom is 0.421 e. The van der Waals surface area contributed by atoms with Crippen LogP contribution in [0.4, 0.5) is 13.2 Å². The number of rotatable bonds is 7. The van der Waals surface area contributed by atoms with Gasteiger partial charge in [-0.2, -0.15) is 13.2 Å². The fourth-order valence-electron chi connectivity index (χ4n) is 1.97. The Bertz CT molecular complexity index is 869. The first-order valence-corrected chi connectivity index (χ1v) is 9.54. The van der Waals surface area contributed by atoms with Gasteiger partial charge in [0, 0.05) is 6.20 Å². The molecular formula is C16H16F3N2O6P. The van der Waals surface area contributed by atoms with Gasteiger partial charge in [-0.3, -0.25) is 9.36 Å². The summed E-state index contributed by atoms with van der Waals surface area (Å²) in [4.78, 5) is 32.8. The molecule has 0 spiro atoms. The molecule has 0 saturated carbocycles. The van der Waals surface area contributed by atoms with E-state index in [9.17, 15) is 22.5 Å². The van der Waals surface area contributed by atoms with E-state index in [1.54, 1.807) is 0 Å².